The number of nitrogens with one attached hydrogen (secondary N) is 3. The van der Waals surface area contributed by atoms with Crippen LogP contribution < -0.4 is 26.8 Å². The molecule has 0 fully saturated rings. The fourth-order valence-corrected chi connectivity index (χ4v) is 2.83. The van der Waals surface area contributed by atoms with E-state index in [1.165, 1.54) is 13.8 Å². The number of carboxylic acid groups (broad SMARTS) is 1. The standard InChI is InChI=1S/C20H26N4O8S/c1-11(17(21)28)22-19(30)14(8-16(27)33-10-15(25)26)24-18(29)12(2)23-20(31)32-9-13-6-4-3-5-7-13/h3-7,11-12,14H,8-10H2,1-2H3,(H2,21,28)(H,22,30)(H,23,31)(H,24,29)(H,25,26)/p-1/t11-,12-,14?/m0/s1. The van der Waals surface area contributed by atoms with Gasteiger partial charge in [0, 0.05) is 12.2 Å². The van der Waals surface area contributed by atoms with Gasteiger partial charge in [0.15, 0.2) is 5.12 Å². The van der Waals surface area contributed by atoms with Gasteiger partial charge in [0.25, 0.3) is 0 Å². The van der Waals surface area contributed by atoms with Crippen LogP contribution >= 0.6 is 11.8 Å². The number of hydrogen-bond donors (Lipinski definition) is 4. The SMILES string of the molecule is C[C@H](NC(=O)C(CC(=O)SCC(=O)[O-])NC(=O)[C@H](C)NC(=O)OCc1ccccc1)C(N)=O. The molecule has 1 aromatic rings. The van der Waals surface area contributed by atoms with Gasteiger partial charge >= 0.3 is 6.09 Å². The number of thioether (sulfide) groups is 1. The van der Waals surface area contributed by atoms with E-state index in [-0.39, 0.29) is 6.61 Å². The first kappa shape index (κ1) is 27.4. The number of alkyl carbamates (subject to hydrolysis) is 1. The van der Waals surface area contributed by atoms with Crippen molar-refractivity contribution in [2.75, 3.05) is 5.75 Å². The fourth-order valence-electron chi connectivity index (χ4n) is 2.26. The van der Waals surface area contributed by atoms with Crippen LogP contribution in [0, 0.1) is 0 Å². The van der Waals surface area contributed by atoms with E-state index in [1.54, 1.807) is 30.3 Å². The van der Waals surface area contributed by atoms with Crippen molar-refractivity contribution in [2.24, 2.45) is 5.73 Å². The summed E-state index contributed by atoms with van der Waals surface area (Å²) in [6.07, 6.45) is -1.46. The number of carbonyl (C=O) groups is 6. The van der Waals surface area contributed by atoms with Gasteiger partial charge in [0.2, 0.25) is 17.7 Å². The van der Waals surface area contributed by atoms with E-state index in [2.05, 4.69) is 16.0 Å². The zero-order chi connectivity index (χ0) is 25.0. The fraction of sp³-hybridized carbons (Fsp3) is 0.400. The molecule has 0 radical (unpaired) electrons. The smallest absolute Gasteiger partial charge is 0.408 e. The molecule has 1 aromatic carbocycles. The molecular formula is C20H25N4O8S-. The molecule has 0 saturated heterocycles. The summed E-state index contributed by atoms with van der Waals surface area (Å²) in [4.78, 5) is 70.5. The molecule has 3 atom stereocenters. The minimum Gasteiger partial charge on any atom is -0.549 e. The number of benzene rings is 1. The molecule has 0 spiro atoms. The van der Waals surface area contributed by atoms with Crippen molar-refractivity contribution in [1.29, 1.82) is 0 Å². The van der Waals surface area contributed by atoms with E-state index in [0.29, 0.717) is 11.8 Å². The predicted octanol–water partition coefficient (Wildman–Crippen LogP) is -1.82. The monoisotopic (exact) mass is 481 g/mol. The Balaban J connectivity index is 2.71. The lowest BCUT2D eigenvalue weighted by Crippen LogP contribution is -2.55. The molecule has 0 bridgehead atoms. The van der Waals surface area contributed by atoms with Crippen LogP contribution in [0.2, 0.25) is 0 Å². The highest BCUT2D eigenvalue weighted by Crippen LogP contribution is 2.08. The third-order valence-electron chi connectivity index (χ3n) is 4.08. The Bertz CT molecular complexity index is 880. The maximum absolute atomic E-state index is 12.5. The van der Waals surface area contributed by atoms with Gasteiger partial charge in [-0.3, -0.25) is 19.2 Å². The zero-order valence-corrected chi connectivity index (χ0v) is 18.8. The van der Waals surface area contributed by atoms with Gasteiger partial charge in [-0.15, -0.1) is 0 Å². The van der Waals surface area contributed by atoms with Crippen molar-refractivity contribution < 1.29 is 38.6 Å². The van der Waals surface area contributed by atoms with Crippen molar-refractivity contribution in [3.05, 3.63) is 35.9 Å². The molecule has 12 nitrogen and oxygen atoms in total. The molecule has 0 aromatic heterocycles. The molecule has 1 unspecified atom stereocenters. The Hall–Kier alpha value is -3.61. The maximum Gasteiger partial charge on any atom is 0.408 e. The molecule has 0 aliphatic rings. The number of aliphatic carboxylic acids is 1. The van der Waals surface area contributed by atoms with Crippen molar-refractivity contribution in [2.45, 2.75) is 45.0 Å². The summed E-state index contributed by atoms with van der Waals surface area (Å²) >= 11 is 0.392. The second-order valence-electron chi connectivity index (χ2n) is 6.86. The van der Waals surface area contributed by atoms with E-state index in [4.69, 9.17) is 10.5 Å². The maximum atomic E-state index is 12.5. The number of rotatable bonds is 12. The summed E-state index contributed by atoms with van der Waals surface area (Å²) in [6.45, 7) is 2.60. The average molecular weight is 482 g/mol. The summed E-state index contributed by atoms with van der Waals surface area (Å²) in [5, 5.41) is 16.6. The van der Waals surface area contributed by atoms with Crippen LogP contribution in [0.4, 0.5) is 4.79 Å². The topological polar surface area (TPSA) is 197 Å². The summed E-state index contributed by atoms with van der Waals surface area (Å²) in [5.74, 6) is -4.67. The first-order chi connectivity index (χ1) is 15.5. The second kappa shape index (κ2) is 13.7. The molecule has 0 aliphatic heterocycles. The van der Waals surface area contributed by atoms with Crippen LogP contribution in [0.1, 0.15) is 25.8 Å². The van der Waals surface area contributed by atoms with Crippen LogP contribution in [0.15, 0.2) is 30.3 Å². The highest BCUT2D eigenvalue weighted by Gasteiger charge is 2.28. The van der Waals surface area contributed by atoms with Crippen LogP contribution in [-0.4, -0.2) is 58.8 Å². The molecule has 13 heteroatoms. The molecule has 33 heavy (non-hydrogen) atoms. The van der Waals surface area contributed by atoms with E-state index in [9.17, 15) is 33.9 Å². The van der Waals surface area contributed by atoms with Gasteiger partial charge in [-0.05, 0) is 19.4 Å². The van der Waals surface area contributed by atoms with Crippen LogP contribution in [0.5, 0.6) is 0 Å². The van der Waals surface area contributed by atoms with Crippen molar-refractivity contribution >= 4 is 46.7 Å². The largest absolute Gasteiger partial charge is 0.549 e. The number of carbonyl (C=O) groups excluding carboxylic acids is 6. The van der Waals surface area contributed by atoms with Crippen LogP contribution in [0.25, 0.3) is 0 Å². The van der Waals surface area contributed by atoms with Gasteiger partial charge in [-0.2, -0.15) is 0 Å². The number of hydrogen-bond acceptors (Lipinski definition) is 9. The zero-order valence-electron chi connectivity index (χ0n) is 18.0. The van der Waals surface area contributed by atoms with Gasteiger partial charge < -0.3 is 36.3 Å². The Morgan fingerprint density at radius 3 is 2.18 bits per heavy atom. The molecule has 0 aliphatic carbocycles. The average Bonchev–Trinajstić information content (AvgIpc) is 2.76. The molecule has 0 heterocycles. The number of nitrogens with two attached hydrogens (primary N) is 1. The van der Waals surface area contributed by atoms with Gasteiger partial charge in [-0.1, -0.05) is 42.1 Å². The lowest BCUT2D eigenvalue weighted by Gasteiger charge is -2.22. The highest BCUT2D eigenvalue weighted by atomic mass is 32.2. The third kappa shape index (κ3) is 11.0. The van der Waals surface area contributed by atoms with Crippen LogP contribution in [0.3, 0.4) is 0 Å². The third-order valence-corrected chi connectivity index (χ3v) is 4.95. The number of primary amides is 1. The summed E-state index contributed by atoms with van der Waals surface area (Å²) in [6, 6.07) is 5.13. The normalized spacial score (nSPS) is 13.0. The lowest BCUT2D eigenvalue weighted by molar-refractivity contribution is -0.301. The minimum absolute atomic E-state index is 0.0266. The molecule has 5 N–H and O–H groups in total. The molecular weight excluding hydrogens is 456 g/mol. The number of ether oxygens (including phenoxy) is 1. The summed E-state index contributed by atoms with van der Waals surface area (Å²) < 4.78 is 5.02. The predicted molar refractivity (Wildman–Crippen MR) is 115 cm³/mol. The Morgan fingerprint density at radius 1 is 0.970 bits per heavy atom. The summed E-state index contributed by atoms with van der Waals surface area (Å²) in [7, 11) is 0. The molecule has 1 rings (SSSR count). The first-order valence-corrected chi connectivity index (χ1v) is 10.7. The van der Waals surface area contributed by atoms with Gasteiger partial charge in [0.1, 0.15) is 24.7 Å². The quantitative estimate of drug-likeness (QED) is 0.265. The Kier molecular flexibility index (Phi) is 11.4. The van der Waals surface area contributed by atoms with Gasteiger partial charge in [0.05, 0.1) is 5.97 Å². The highest BCUT2D eigenvalue weighted by molar-refractivity contribution is 8.14. The first-order valence-electron chi connectivity index (χ1n) is 9.72. The van der Waals surface area contributed by atoms with Crippen molar-refractivity contribution in [3.63, 3.8) is 0 Å². The van der Waals surface area contributed by atoms with E-state index in [1.807, 2.05) is 0 Å². The Labute approximate surface area is 194 Å². The Morgan fingerprint density at radius 2 is 1.61 bits per heavy atom. The van der Waals surface area contributed by atoms with Crippen LogP contribution in [-0.2, 0) is 35.3 Å². The molecule has 4 amide bonds. The van der Waals surface area contributed by atoms with E-state index < -0.39 is 65.2 Å². The van der Waals surface area contributed by atoms with Crippen molar-refractivity contribution in [1.82, 2.24) is 16.0 Å². The van der Waals surface area contributed by atoms with Crippen molar-refractivity contribution in [3.8, 4) is 0 Å². The summed E-state index contributed by atoms with van der Waals surface area (Å²) in [5.41, 5.74) is 5.83. The molecule has 0 saturated carbocycles. The van der Waals surface area contributed by atoms with E-state index >= 15 is 0 Å². The van der Waals surface area contributed by atoms with E-state index in [0.717, 1.165) is 5.56 Å². The minimum atomic E-state index is -1.48. The number of carboxylic acids is 1. The number of amides is 4. The lowest BCUT2D eigenvalue weighted by atomic mass is 10.1. The second-order valence-corrected chi connectivity index (χ2v) is 7.89. The van der Waals surface area contributed by atoms with Gasteiger partial charge in [-0.25, -0.2) is 4.79 Å². The molecule has 180 valence electrons.